The first-order valence-corrected chi connectivity index (χ1v) is 3.72. The number of rotatable bonds is 2. The van der Waals surface area contributed by atoms with Gasteiger partial charge in [-0.05, 0) is 37.1 Å². The maximum Gasteiger partial charge on any atom is 0.387 e. The van der Waals surface area contributed by atoms with Gasteiger partial charge in [-0.25, -0.2) is 4.39 Å². The SMILES string of the molecule is Cc1cc(F)c(OC(F)F)cc1C. The second kappa shape index (κ2) is 3.68. The van der Waals surface area contributed by atoms with E-state index in [1.807, 2.05) is 0 Å². The van der Waals surface area contributed by atoms with Crippen molar-refractivity contribution in [1.29, 1.82) is 0 Å². The zero-order chi connectivity index (χ0) is 10.0. The molecule has 0 aliphatic rings. The fourth-order valence-electron chi connectivity index (χ4n) is 0.941. The molecule has 0 heterocycles. The molecule has 13 heavy (non-hydrogen) atoms. The molecule has 0 bridgehead atoms. The van der Waals surface area contributed by atoms with Crippen LogP contribution in [0.4, 0.5) is 13.2 Å². The van der Waals surface area contributed by atoms with Crippen LogP contribution in [0, 0.1) is 19.7 Å². The predicted molar refractivity (Wildman–Crippen MR) is 42.5 cm³/mol. The van der Waals surface area contributed by atoms with Crippen LogP contribution in [0.2, 0.25) is 0 Å². The van der Waals surface area contributed by atoms with Gasteiger partial charge in [0.15, 0.2) is 11.6 Å². The minimum atomic E-state index is -2.99. The number of aryl methyl sites for hydroxylation is 2. The largest absolute Gasteiger partial charge is 0.432 e. The van der Waals surface area contributed by atoms with E-state index >= 15 is 0 Å². The van der Waals surface area contributed by atoms with Crippen LogP contribution >= 0.6 is 0 Å². The Hall–Kier alpha value is -1.19. The molecule has 1 nitrogen and oxygen atoms in total. The van der Waals surface area contributed by atoms with Crippen molar-refractivity contribution in [2.45, 2.75) is 20.5 Å². The van der Waals surface area contributed by atoms with Crippen LogP contribution in [-0.4, -0.2) is 6.61 Å². The van der Waals surface area contributed by atoms with E-state index in [1.54, 1.807) is 13.8 Å². The molecule has 0 N–H and O–H groups in total. The minimum absolute atomic E-state index is 0.405. The molecular formula is C9H9F3O. The highest BCUT2D eigenvalue weighted by Gasteiger charge is 2.10. The van der Waals surface area contributed by atoms with Gasteiger partial charge in [-0.2, -0.15) is 8.78 Å². The van der Waals surface area contributed by atoms with Gasteiger partial charge in [-0.3, -0.25) is 0 Å². The highest BCUT2D eigenvalue weighted by molar-refractivity contribution is 5.35. The quantitative estimate of drug-likeness (QED) is 0.696. The molecule has 0 atom stereocenters. The fourth-order valence-corrected chi connectivity index (χ4v) is 0.941. The Morgan fingerprint density at radius 1 is 1.15 bits per heavy atom. The van der Waals surface area contributed by atoms with Gasteiger partial charge < -0.3 is 4.74 Å². The van der Waals surface area contributed by atoms with Crippen LogP contribution < -0.4 is 4.74 Å². The normalized spacial score (nSPS) is 10.6. The van der Waals surface area contributed by atoms with Crippen molar-refractivity contribution >= 4 is 0 Å². The van der Waals surface area contributed by atoms with Gasteiger partial charge in [0.2, 0.25) is 0 Å². The molecule has 72 valence electrons. The minimum Gasteiger partial charge on any atom is -0.432 e. The lowest BCUT2D eigenvalue weighted by Crippen LogP contribution is -2.04. The van der Waals surface area contributed by atoms with E-state index in [0.717, 1.165) is 5.56 Å². The van der Waals surface area contributed by atoms with Crippen LogP contribution in [-0.2, 0) is 0 Å². The van der Waals surface area contributed by atoms with Gasteiger partial charge in [0.05, 0.1) is 0 Å². The number of benzene rings is 1. The standard InChI is InChI=1S/C9H9F3O/c1-5-3-7(10)8(4-6(5)2)13-9(11)12/h3-4,9H,1-2H3. The molecule has 0 spiro atoms. The Morgan fingerprint density at radius 2 is 1.69 bits per heavy atom. The summed E-state index contributed by atoms with van der Waals surface area (Å²) in [4.78, 5) is 0. The van der Waals surface area contributed by atoms with Gasteiger partial charge >= 0.3 is 6.61 Å². The summed E-state index contributed by atoms with van der Waals surface area (Å²) in [6.07, 6.45) is 0. The van der Waals surface area contributed by atoms with Crippen LogP contribution in [0.5, 0.6) is 5.75 Å². The Balaban J connectivity index is 3.01. The third kappa shape index (κ3) is 2.37. The van der Waals surface area contributed by atoms with Crippen molar-refractivity contribution in [2.24, 2.45) is 0 Å². The van der Waals surface area contributed by atoms with E-state index in [2.05, 4.69) is 4.74 Å². The highest BCUT2D eigenvalue weighted by atomic mass is 19.3. The van der Waals surface area contributed by atoms with Gasteiger partial charge in [0.25, 0.3) is 0 Å². The third-order valence-electron chi connectivity index (χ3n) is 1.76. The molecule has 0 amide bonds. The van der Waals surface area contributed by atoms with E-state index < -0.39 is 18.2 Å². The van der Waals surface area contributed by atoms with Crippen LogP contribution in [0.15, 0.2) is 12.1 Å². The summed E-state index contributed by atoms with van der Waals surface area (Å²) in [5.41, 5.74) is 1.43. The van der Waals surface area contributed by atoms with Crippen molar-refractivity contribution in [2.75, 3.05) is 0 Å². The van der Waals surface area contributed by atoms with Crippen molar-refractivity contribution in [3.8, 4) is 5.75 Å². The summed E-state index contributed by atoms with van der Waals surface area (Å²) >= 11 is 0. The molecule has 0 unspecified atom stereocenters. The molecule has 0 aliphatic carbocycles. The van der Waals surface area contributed by atoms with E-state index in [1.165, 1.54) is 12.1 Å². The third-order valence-corrected chi connectivity index (χ3v) is 1.76. The maximum atomic E-state index is 12.9. The Kier molecular flexibility index (Phi) is 2.80. The fraction of sp³-hybridized carbons (Fsp3) is 0.333. The zero-order valence-corrected chi connectivity index (χ0v) is 7.27. The molecule has 0 fully saturated rings. The van der Waals surface area contributed by atoms with E-state index in [0.29, 0.717) is 5.56 Å². The first kappa shape index (κ1) is 9.89. The smallest absolute Gasteiger partial charge is 0.387 e. The summed E-state index contributed by atoms with van der Waals surface area (Å²) in [5, 5.41) is 0. The topological polar surface area (TPSA) is 9.23 Å². The van der Waals surface area contributed by atoms with Crippen molar-refractivity contribution in [3.05, 3.63) is 29.1 Å². The molecule has 0 saturated heterocycles. The number of hydrogen-bond donors (Lipinski definition) is 0. The molecular weight excluding hydrogens is 181 g/mol. The molecule has 0 radical (unpaired) electrons. The maximum absolute atomic E-state index is 12.9. The van der Waals surface area contributed by atoms with Crippen LogP contribution in [0.25, 0.3) is 0 Å². The highest BCUT2D eigenvalue weighted by Crippen LogP contribution is 2.22. The average molecular weight is 190 g/mol. The second-order valence-corrected chi connectivity index (χ2v) is 2.75. The number of hydrogen-bond acceptors (Lipinski definition) is 1. The Bertz CT molecular complexity index is 310. The lowest BCUT2D eigenvalue weighted by atomic mass is 10.1. The first-order chi connectivity index (χ1) is 6.00. The first-order valence-electron chi connectivity index (χ1n) is 3.72. The number of ether oxygens (including phenoxy) is 1. The van der Waals surface area contributed by atoms with Gasteiger partial charge in [0, 0.05) is 0 Å². The van der Waals surface area contributed by atoms with Crippen LogP contribution in [0.1, 0.15) is 11.1 Å². The molecule has 4 heteroatoms. The Labute approximate surface area is 74.1 Å². The van der Waals surface area contributed by atoms with Gasteiger partial charge in [-0.1, -0.05) is 0 Å². The molecule has 0 aromatic heterocycles. The Morgan fingerprint density at radius 3 is 2.23 bits per heavy atom. The number of halogens is 3. The predicted octanol–water partition coefficient (Wildman–Crippen LogP) is 3.04. The molecule has 0 saturated carbocycles. The average Bonchev–Trinajstić information content (AvgIpc) is 1.99. The van der Waals surface area contributed by atoms with Gasteiger partial charge in [0.1, 0.15) is 0 Å². The van der Waals surface area contributed by atoms with Crippen LogP contribution in [0.3, 0.4) is 0 Å². The van der Waals surface area contributed by atoms with Crippen molar-refractivity contribution in [1.82, 2.24) is 0 Å². The summed E-state index contributed by atoms with van der Waals surface area (Å²) in [6.45, 7) is 0.411. The zero-order valence-electron chi connectivity index (χ0n) is 7.27. The van der Waals surface area contributed by atoms with E-state index in [4.69, 9.17) is 0 Å². The molecule has 1 rings (SSSR count). The lowest BCUT2D eigenvalue weighted by Gasteiger charge is -2.07. The number of alkyl halides is 2. The summed E-state index contributed by atoms with van der Waals surface area (Å²) in [7, 11) is 0. The molecule has 1 aromatic carbocycles. The van der Waals surface area contributed by atoms with Crippen molar-refractivity contribution in [3.63, 3.8) is 0 Å². The lowest BCUT2D eigenvalue weighted by molar-refractivity contribution is -0.0522. The van der Waals surface area contributed by atoms with E-state index in [-0.39, 0.29) is 0 Å². The summed E-state index contributed by atoms with van der Waals surface area (Å²) < 4.78 is 40.4. The molecule has 1 aromatic rings. The monoisotopic (exact) mass is 190 g/mol. The van der Waals surface area contributed by atoms with Crippen molar-refractivity contribution < 1.29 is 17.9 Å². The summed E-state index contributed by atoms with van der Waals surface area (Å²) in [5.74, 6) is -1.17. The summed E-state index contributed by atoms with van der Waals surface area (Å²) in [6, 6.07) is 2.43. The van der Waals surface area contributed by atoms with Gasteiger partial charge in [-0.15, -0.1) is 0 Å². The second-order valence-electron chi connectivity index (χ2n) is 2.75. The molecule has 0 aliphatic heterocycles. The van der Waals surface area contributed by atoms with E-state index in [9.17, 15) is 13.2 Å².